The third kappa shape index (κ3) is 5.45. The lowest BCUT2D eigenvalue weighted by atomic mass is 9.72. The maximum atomic E-state index is 16.3. The highest BCUT2D eigenvalue weighted by atomic mass is 31.2. The number of rotatable bonds is 8. The Balaban J connectivity index is 1.61. The molecule has 0 N–H and O–H groups in total. The van der Waals surface area contributed by atoms with Crippen molar-refractivity contribution in [1.82, 2.24) is 0 Å². The number of allylic oxidation sites excluding steroid dienone is 4. The van der Waals surface area contributed by atoms with E-state index in [2.05, 4.69) is 0 Å². The predicted molar refractivity (Wildman–Crippen MR) is 178 cm³/mol. The van der Waals surface area contributed by atoms with Gasteiger partial charge in [0.2, 0.25) is 6.54 Å². The van der Waals surface area contributed by atoms with Crippen LogP contribution in [0.15, 0.2) is 146 Å². The van der Waals surface area contributed by atoms with E-state index >= 15 is 4.89 Å². The SMILES string of the molecule is CC1(C)O[C@@H]2[C@@H](O1)C(c1ccccc1)(c1ccccc1)O[P+]([O-])([C@@H](C[N+](=O)[O-])C1C=CC=C1)OC2(c1ccccc1)c1ccccc1. The van der Waals surface area contributed by atoms with Gasteiger partial charge in [0.05, 0.1) is 0 Å². The summed E-state index contributed by atoms with van der Waals surface area (Å²) in [5.41, 5.74) is -1.73. The molecule has 0 spiro atoms. The molecule has 1 aliphatic carbocycles. The minimum atomic E-state index is -4.57. The van der Waals surface area contributed by atoms with Crippen molar-refractivity contribution in [3.8, 4) is 0 Å². The third-order valence-electron chi connectivity index (χ3n) is 9.22. The van der Waals surface area contributed by atoms with Crippen LogP contribution in [0.1, 0.15) is 36.1 Å². The fourth-order valence-corrected chi connectivity index (χ4v) is 9.94. The highest BCUT2D eigenvalue weighted by Crippen LogP contribution is 2.73. The van der Waals surface area contributed by atoms with Gasteiger partial charge in [-0.2, -0.15) is 9.05 Å². The molecule has 3 atom stereocenters. The van der Waals surface area contributed by atoms with Gasteiger partial charge in [0.15, 0.2) is 22.6 Å². The summed E-state index contributed by atoms with van der Waals surface area (Å²) in [6.07, 6.45) is 5.33. The Morgan fingerprint density at radius 2 is 1.00 bits per heavy atom. The fourth-order valence-electron chi connectivity index (χ4n) is 7.25. The Kier molecular flexibility index (Phi) is 8.21. The molecule has 0 amide bonds. The molecule has 0 unspecified atom stereocenters. The van der Waals surface area contributed by atoms with Gasteiger partial charge in [0.25, 0.3) is 7.94 Å². The monoisotopic (exact) mass is 649 g/mol. The number of nitrogens with zero attached hydrogens (tertiary/aromatic N) is 1. The van der Waals surface area contributed by atoms with Gasteiger partial charge in [-0.1, -0.05) is 146 Å². The van der Waals surface area contributed by atoms with E-state index in [0.717, 1.165) is 0 Å². The molecule has 0 radical (unpaired) electrons. The second kappa shape index (κ2) is 12.2. The molecule has 2 aliphatic heterocycles. The smallest absolute Gasteiger partial charge is 0.252 e. The van der Waals surface area contributed by atoms with Gasteiger partial charge in [-0.3, -0.25) is 10.1 Å². The lowest BCUT2D eigenvalue weighted by molar-refractivity contribution is -0.481. The molecule has 240 valence electrons. The zero-order chi connectivity index (χ0) is 32.7. The topological polar surface area (TPSA) is 103 Å². The van der Waals surface area contributed by atoms with Gasteiger partial charge >= 0.3 is 0 Å². The van der Waals surface area contributed by atoms with Crippen molar-refractivity contribution in [3.63, 3.8) is 0 Å². The minimum Gasteiger partial charge on any atom is -0.631 e. The Morgan fingerprint density at radius 1 is 0.660 bits per heavy atom. The number of hydrogen-bond acceptors (Lipinski definition) is 7. The van der Waals surface area contributed by atoms with Gasteiger partial charge in [-0.05, 0) is 36.1 Å². The Morgan fingerprint density at radius 3 is 1.32 bits per heavy atom. The molecule has 47 heavy (non-hydrogen) atoms. The van der Waals surface area contributed by atoms with Crippen LogP contribution in [0.5, 0.6) is 0 Å². The van der Waals surface area contributed by atoms with Crippen molar-refractivity contribution in [2.45, 2.75) is 48.7 Å². The first-order valence-corrected chi connectivity index (χ1v) is 17.3. The van der Waals surface area contributed by atoms with Crippen LogP contribution in [0.2, 0.25) is 0 Å². The molecule has 0 saturated carbocycles. The van der Waals surface area contributed by atoms with E-state index in [1.807, 2.05) is 147 Å². The zero-order valence-corrected chi connectivity index (χ0v) is 27.0. The fraction of sp³-hybridized carbons (Fsp3) is 0.263. The molecule has 4 aromatic carbocycles. The van der Waals surface area contributed by atoms with Crippen LogP contribution in [-0.4, -0.2) is 35.1 Å². The number of ether oxygens (including phenoxy) is 2. The first-order chi connectivity index (χ1) is 22.7. The number of fused-ring (bicyclic) bond motifs is 1. The molecule has 0 bridgehead atoms. The lowest BCUT2D eigenvalue weighted by Crippen LogP contribution is -2.53. The van der Waals surface area contributed by atoms with E-state index in [4.69, 9.17) is 18.5 Å². The maximum Gasteiger partial charge on any atom is 0.252 e. The Labute approximate surface area is 275 Å². The average Bonchev–Trinajstić information content (AvgIpc) is 3.73. The molecule has 2 saturated heterocycles. The number of hydrogen-bond donors (Lipinski definition) is 0. The molecule has 4 aromatic rings. The summed E-state index contributed by atoms with van der Waals surface area (Å²) in [5.74, 6) is -1.71. The first kappa shape index (κ1) is 31.6. The molecule has 3 aliphatic rings. The highest BCUT2D eigenvalue weighted by molar-refractivity contribution is 7.60. The molecule has 8 nitrogen and oxygen atoms in total. The minimum absolute atomic E-state index is 0.446. The summed E-state index contributed by atoms with van der Waals surface area (Å²) < 4.78 is 28.2. The van der Waals surface area contributed by atoms with E-state index in [9.17, 15) is 10.1 Å². The van der Waals surface area contributed by atoms with E-state index in [1.165, 1.54) is 0 Å². The lowest BCUT2D eigenvalue weighted by Gasteiger charge is -2.44. The van der Waals surface area contributed by atoms with Crippen LogP contribution in [0.25, 0.3) is 0 Å². The van der Waals surface area contributed by atoms with Gasteiger partial charge in [0, 0.05) is 10.8 Å². The van der Waals surface area contributed by atoms with Gasteiger partial charge in [-0.15, -0.1) is 0 Å². The summed E-state index contributed by atoms with van der Waals surface area (Å²) in [6.45, 7) is 3.02. The van der Waals surface area contributed by atoms with Gasteiger partial charge < -0.3 is 14.4 Å². The summed E-state index contributed by atoms with van der Waals surface area (Å²) in [7, 11) is -4.57. The van der Waals surface area contributed by atoms with Crippen LogP contribution in [-0.2, 0) is 29.7 Å². The summed E-state index contributed by atoms with van der Waals surface area (Å²) in [6, 6.07) is 37.9. The first-order valence-electron chi connectivity index (χ1n) is 15.7. The molecule has 9 heteroatoms. The molecular formula is C38H36NO7P. The standard InChI is InChI=1S/C38H36NO7P/c1-36(2)43-34-35(44-36)38(31-23-11-5-12-24-31,32-25-13-6-14-26-32)46-47(42,33(27-39(40)41)28-17-15-16-18-28)45-37(34,29-19-7-3-8-20-29)30-21-9-4-10-22-30/h3-26,28,33-35H,27H2,1-2H3/t33-,34+,35+/m0/s1. The molecule has 7 rings (SSSR count). The molecular weight excluding hydrogens is 613 g/mol. The normalized spacial score (nSPS) is 24.3. The van der Waals surface area contributed by atoms with Crippen molar-refractivity contribution in [3.05, 3.63) is 178 Å². The predicted octanol–water partition coefficient (Wildman–Crippen LogP) is 6.95. The van der Waals surface area contributed by atoms with Crippen LogP contribution in [0.4, 0.5) is 0 Å². The zero-order valence-electron chi connectivity index (χ0n) is 26.1. The van der Waals surface area contributed by atoms with Crippen molar-refractivity contribution < 1.29 is 28.3 Å². The molecule has 2 heterocycles. The van der Waals surface area contributed by atoms with Gasteiger partial charge in [0.1, 0.15) is 12.2 Å². The Bertz CT molecular complexity index is 1570. The van der Waals surface area contributed by atoms with Gasteiger partial charge in [-0.25, -0.2) is 0 Å². The quantitative estimate of drug-likeness (QED) is 0.116. The molecule has 0 aromatic heterocycles. The van der Waals surface area contributed by atoms with Crippen LogP contribution in [0.3, 0.4) is 0 Å². The summed E-state index contributed by atoms with van der Waals surface area (Å²) in [4.78, 5) is 28.2. The summed E-state index contributed by atoms with van der Waals surface area (Å²) >= 11 is 0. The van der Waals surface area contributed by atoms with E-state index in [1.54, 1.807) is 12.2 Å². The largest absolute Gasteiger partial charge is 0.631 e. The summed E-state index contributed by atoms with van der Waals surface area (Å²) in [5, 5.41) is 12.4. The van der Waals surface area contributed by atoms with Crippen LogP contribution in [0, 0.1) is 16.0 Å². The van der Waals surface area contributed by atoms with E-state index in [-0.39, 0.29) is 0 Å². The second-order valence-electron chi connectivity index (χ2n) is 12.6. The number of benzene rings is 4. The van der Waals surface area contributed by atoms with E-state index in [0.29, 0.717) is 22.3 Å². The van der Waals surface area contributed by atoms with E-state index < -0.39 is 60.2 Å². The number of nitro groups is 1. The second-order valence-corrected chi connectivity index (χ2v) is 14.7. The van der Waals surface area contributed by atoms with Crippen molar-refractivity contribution in [2.24, 2.45) is 5.92 Å². The third-order valence-corrected chi connectivity index (χ3v) is 11.6. The van der Waals surface area contributed by atoms with Crippen molar-refractivity contribution >= 4 is 7.94 Å². The van der Waals surface area contributed by atoms with Crippen molar-refractivity contribution in [2.75, 3.05) is 6.54 Å². The molecule has 2 fully saturated rings. The average molecular weight is 650 g/mol. The van der Waals surface area contributed by atoms with Crippen LogP contribution < -0.4 is 4.89 Å². The van der Waals surface area contributed by atoms with Crippen molar-refractivity contribution in [1.29, 1.82) is 0 Å². The maximum absolute atomic E-state index is 16.3. The Hall–Kier alpha value is -4.01. The highest BCUT2D eigenvalue weighted by Gasteiger charge is 2.73. The van der Waals surface area contributed by atoms with Crippen LogP contribution >= 0.6 is 7.94 Å².